The average molecular weight is 439 g/mol. The Morgan fingerprint density at radius 1 is 1.06 bits per heavy atom. The Balaban J connectivity index is 1.31. The van der Waals surface area contributed by atoms with E-state index in [0.29, 0.717) is 39.0 Å². The zero-order valence-electron chi connectivity index (χ0n) is 18.5. The van der Waals surface area contributed by atoms with Crippen molar-refractivity contribution in [2.24, 2.45) is 11.7 Å². The van der Waals surface area contributed by atoms with E-state index in [0.717, 1.165) is 30.5 Å². The van der Waals surface area contributed by atoms with Crippen LogP contribution in [0.4, 0.5) is 0 Å². The van der Waals surface area contributed by atoms with Crippen LogP contribution in [-0.2, 0) is 16.0 Å². The number of hydrogen-bond acceptors (Lipinski definition) is 5. The molecule has 2 aromatic rings. The highest BCUT2D eigenvalue weighted by molar-refractivity contribution is 5.92. The second-order valence-electron chi connectivity index (χ2n) is 8.93. The Morgan fingerprint density at radius 2 is 1.78 bits per heavy atom. The maximum Gasteiger partial charge on any atom is 0.292 e. The molecule has 0 aliphatic carbocycles. The van der Waals surface area contributed by atoms with Crippen molar-refractivity contribution in [1.82, 2.24) is 15.0 Å². The van der Waals surface area contributed by atoms with Gasteiger partial charge in [0.15, 0.2) is 0 Å². The van der Waals surface area contributed by atoms with E-state index in [9.17, 15) is 14.4 Å². The SMILES string of the molecule is Cc1ccc(CC(=O)N2CCC(c3cc(C(=O)N4CCC[C@H](C(N)=O)C4)on3)CC2)cc1. The maximum absolute atomic E-state index is 12.8. The molecule has 32 heavy (non-hydrogen) atoms. The van der Waals surface area contributed by atoms with Crippen molar-refractivity contribution >= 4 is 17.7 Å². The number of carbonyl (C=O) groups excluding carboxylic acids is 3. The van der Waals surface area contributed by atoms with Gasteiger partial charge >= 0.3 is 0 Å². The van der Waals surface area contributed by atoms with Crippen molar-refractivity contribution in [3.63, 3.8) is 0 Å². The Labute approximate surface area is 187 Å². The Hall–Kier alpha value is -3.16. The zero-order chi connectivity index (χ0) is 22.7. The van der Waals surface area contributed by atoms with Crippen molar-refractivity contribution < 1.29 is 18.9 Å². The first-order valence-corrected chi connectivity index (χ1v) is 11.3. The van der Waals surface area contributed by atoms with Gasteiger partial charge in [0.25, 0.3) is 5.91 Å². The standard InChI is InChI=1S/C24H30N4O4/c1-16-4-6-17(7-5-16)13-22(29)27-11-8-18(9-12-27)20-14-21(32-26-20)24(31)28-10-2-3-19(15-28)23(25)30/h4-7,14,18-19H,2-3,8-13,15H2,1H3,(H2,25,30)/t19-/m0/s1. The summed E-state index contributed by atoms with van der Waals surface area (Å²) in [5.74, 6) is -0.439. The smallest absolute Gasteiger partial charge is 0.292 e. The molecule has 3 amide bonds. The van der Waals surface area contributed by atoms with Crippen molar-refractivity contribution in [2.75, 3.05) is 26.2 Å². The van der Waals surface area contributed by atoms with Gasteiger partial charge in [0.05, 0.1) is 18.0 Å². The lowest BCUT2D eigenvalue weighted by atomic mass is 9.93. The minimum atomic E-state index is -0.371. The lowest BCUT2D eigenvalue weighted by molar-refractivity contribution is -0.131. The third-order valence-electron chi connectivity index (χ3n) is 6.59. The molecule has 2 aliphatic rings. The summed E-state index contributed by atoms with van der Waals surface area (Å²) in [6.45, 7) is 4.27. The number of amides is 3. The van der Waals surface area contributed by atoms with E-state index in [1.54, 1.807) is 11.0 Å². The van der Waals surface area contributed by atoms with E-state index in [2.05, 4.69) is 5.16 Å². The number of carbonyl (C=O) groups is 3. The summed E-state index contributed by atoms with van der Waals surface area (Å²) < 4.78 is 5.35. The number of hydrogen-bond donors (Lipinski definition) is 1. The van der Waals surface area contributed by atoms with E-state index < -0.39 is 0 Å². The van der Waals surface area contributed by atoms with E-state index in [4.69, 9.17) is 10.3 Å². The lowest BCUT2D eigenvalue weighted by Gasteiger charge is -2.31. The van der Waals surface area contributed by atoms with Crippen LogP contribution in [0.3, 0.4) is 0 Å². The number of likely N-dealkylation sites (tertiary alicyclic amines) is 2. The fourth-order valence-electron chi connectivity index (χ4n) is 4.55. The van der Waals surface area contributed by atoms with E-state index >= 15 is 0 Å². The van der Waals surface area contributed by atoms with Crippen LogP contribution in [0.2, 0.25) is 0 Å². The Morgan fingerprint density at radius 3 is 2.47 bits per heavy atom. The average Bonchev–Trinajstić information content (AvgIpc) is 3.30. The van der Waals surface area contributed by atoms with Gasteiger partial charge in [-0.15, -0.1) is 0 Å². The number of nitrogens with two attached hydrogens (primary N) is 1. The highest BCUT2D eigenvalue weighted by Gasteiger charge is 2.31. The van der Waals surface area contributed by atoms with Crippen LogP contribution in [0.5, 0.6) is 0 Å². The van der Waals surface area contributed by atoms with Crippen LogP contribution >= 0.6 is 0 Å². The van der Waals surface area contributed by atoms with Crippen molar-refractivity contribution in [3.05, 3.63) is 52.9 Å². The number of rotatable bonds is 5. The van der Waals surface area contributed by atoms with E-state index in [1.165, 1.54) is 5.56 Å². The van der Waals surface area contributed by atoms with Crippen LogP contribution in [0.25, 0.3) is 0 Å². The van der Waals surface area contributed by atoms with Gasteiger partial charge in [-0.3, -0.25) is 14.4 Å². The first kappa shape index (κ1) is 22.0. The first-order chi connectivity index (χ1) is 15.4. The van der Waals surface area contributed by atoms with Crippen molar-refractivity contribution in [1.29, 1.82) is 0 Å². The van der Waals surface area contributed by atoms with E-state index in [1.807, 2.05) is 36.1 Å². The maximum atomic E-state index is 12.8. The van der Waals surface area contributed by atoms with Crippen LogP contribution < -0.4 is 5.73 Å². The van der Waals surface area contributed by atoms with Gasteiger partial charge in [-0.25, -0.2) is 0 Å². The fraction of sp³-hybridized carbons (Fsp3) is 0.500. The monoisotopic (exact) mass is 438 g/mol. The minimum Gasteiger partial charge on any atom is -0.369 e. The molecule has 0 spiro atoms. The molecule has 2 aliphatic heterocycles. The van der Waals surface area contributed by atoms with Gasteiger partial charge in [0.1, 0.15) is 0 Å². The summed E-state index contributed by atoms with van der Waals surface area (Å²) in [7, 11) is 0. The van der Waals surface area contributed by atoms with Crippen molar-refractivity contribution in [2.45, 2.75) is 44.9 Å². The van der Waals surface area contributed by atoms with Gasteiger partial charge in [0, 0.05) is 38.2 Å². The number of primary amides is 1. The predicted molar refractivity (Wildman–Crippen MR) is 118 cm³/mol. The second-order valence-corrected chi connectivity index (χ2v) is 8.93. The van der Waals surface area contributed by atoms with Gasteiger partial charge in [-0.05, 0) is 38.2 Å². The number of benzene rings is 1. The zero-order valence-corrected chi connectivity index (χ0v) is 18.5. The second kappa shape index (κ2) is 9.54. The quantitative estimate of drug-likeness (QED) is 0.770. The molecular formula is C24H30N4O4. The summed E-state index contributed by atoms with van der Waals surface area (Å²) in [5, 5.41) is 4.14. The third kappa shape index (κ3) is 5.00. The molecule has 0 unspecified atom stereocenters. The summed E-state index contributed by atoms with van der Waals surface area (Å²) in [6, 6.07) is 9.76. The highest BCUT2D eigenvalue weighted by Crippen LogP contribution is 2.29. The Bertz CT molecular complexity index is 976. The molecule has 3 heterocycles. The molecule has 1 aromatic carbocycles. The topological polar surface area (TPSA) is 110 Å². The molecule has 170 valence electrons. The highest BCUT2D eigenvalue weighted by atomic mass is 16.5. The molecule has 0 radical (unpaired) electrons. The van der Waals surface area contributed by atoms with Crippen LogP contribution in [-0.4, -0.2) is 58.9 Å². The van der Waals surface area contributed by atoms with Gasteiger partial charge in [0.2, 0.25) is 17.6 Å². The molecule has 2 fully saturated rings. The molecule has 2 saturated heterocycles. The number of aromatic nitrogens is 1. The summed E-state index contributed by atoms with van der Waals surface area (Å²) in [4.78, 5) is 40.4. The van der Waals surface area contributed by atoms with Gasteiger partial charge < -0.3 is 20.1 Å². The number of aryl methyl sites for hydroxylation is 1. The van der Waals surface area contributed by atoms with Crippen LogP contribution in [0, 0.1) is 12.8 Å². The third-order valence-corrected chi connectivity index (χ3v) is 6.59. The van der Waals surface area contributed by atoms with Crippen molar-refractivity contribution in [3.8, 4) is 0 Å². The molecule has 1 atom stereocenters. The summed E-state index contributed by atoms with van der Waals surface area (Å²) >= 11 is 0. The predicted octanol–water partition coefficient (Wildman–Crippen LogP) is 2.27. The largest absolute Gasteiger partial charge is 0.369 e. The normalized spacial score (nSPS) is 19.7. The summed E-state index contributed by atoms with van der Waals surface area (Å²) in [6.07, 6.45) is 3.44. The Kier molecular flexibility index (Phi) is 6.58. The van der Waals surface area contributed by atoms with Gasteiger partial charge in [-0.2, -0.15) is 0 Å². The molecule has 8 heteroatoms. The molecule has 1 aromatic heterocycles. The lowest BCUT2D eigenvalue weighted by Crippen LogP contribution is -2.44. The minimum absolute atomic E-state index is 0.137. The first-order valence-electron chi connectivity index (χ1n) is 11.3. The molecular weight excluding hydrogens is 408 g/mol. The van der Waals surface area contributed by atoms with Crippen LogP contribution in [0.15, 0.2) is 34.9 Å². The van der Waals surface area contributed by atoms with Gasteiger partial charge in [-0.1, -0.05) is 35.0 Å². The number of piperidine rings is 2. The molecule has 2 N–H and O–H groups in total. The summed E-state index contributed by atoms with van der Waals surface area (Å²) in [5.41, 5.74) is 8.37. The van der Waals surface area contributed by atoms with E-state index in [-0.39, 0.29) is 35.3 Å². The molecule has 8 nitrogen and oxygen atoms in total. The molecule has 4 rings (SSSR count). The molecule has 0 saturated carbocycles. The van der Waals surface area contributed by atoms with Crippen LogP contribution in [0.1, 0.15) is 59.0 Å². The molecule has 0 bridgehead atoms. The number of nitrogens with zero attached hydrogens (tertiary/aromatic N) is 3. The fourth-order valence-corrected chi connectivity index (χ4v) is 4.55.